The summed E-state index contributed by atoms with van der Waals surface area (Å²) in [5.41, 5.74) is 2.35. The Hall–Kier alpha value is -1.88. The molecular formula is C20H31N3O2. The molecule has 1 aromatic rings. The summed E-state index contributed by atoms with van der Waals surface area (Å²) in [7, 11) is 2.09. The quantitative estimate of drug-likeness (QED) is 0.723. The third kappa shape index (κ3) is 6.86. The van der Waals surface area contributed by atoms with Crippen molar-refractivity contribution in [3.8, 4) is 0 Å². The van der Waals surface area contributed by atoms with Crippen molar-refractivity contribution in [1.29, 1.82) is 0 Å². The summed E-state index contributed by atoms with van der Waals surface area (Å²) in [6.45, 7) is 5.00. The zero-order valence-corrected chi connectivity index (χ0v) is 15.5. The number of carbonyl (C=O) groups excluding carboxylic acids is 2. The van der Waals surface area contributed by atoms with E-state index in [0.717, 1.165) is 44.3 Å². The molecule has 2 rings (SSSR count). The van der Waals surface area contributed by atoms with E-state index >= 15 is 0 Å². The van der Waals surface area contributed by atoms with Gasteiger partial charge in [-0.1, -0.05) is 44.0 Å². The van der Waals surface area contributed by atoms with Crippen LogP contribution in [-0.2, 0) is 22.7 Å². The highest BCUT2D eigenvalue weighted by molar-refractivity contribution is 5.80. The molecule has 2 N–H and O–H groups in total. The van der Waals surface area contributed by atoms with E-state index in [1.54, 1.807) is 0 Å². The number of amides is 2. The van der Waals surface area contributed by atoms with E-state index in [1.165, 1.54) is 5.56 Å². The minimum absolute atomic E-state index is 0.0252. The number of nitrogens with one attached hydrogen (secondary N) is 2. The Labute approximate surface area is 151 Å². The Morgan fingerprint density at radius 2 is 1.88 bits per heavy atom. The normalized spacial score (nSPS) is 14.7. The van der Waals surface area contributed by atoms with Gasteiger partial charge in [0.2, 0.25) is 11.8 Å². The second kappa shape index (κ2) is 10.2. The van der Waals surface area contributed by atoms with Gasteiger partial charge in [0.1, 0.15) is 0 Å². The molecule has 0 radical (unpaired) electrons. The maximum absolute atomic E-state index is 12.0. The third-order valence-corrected chi connectivity index (χ3v) is 4.85. The molecule has 138 valence electrons. The molecule has 1 aliphatic rings. The Bertz CT molecular complexity index is 568. The molecule has 5 heteroatoms. The van der Waals surface area contributed by atoms with Crippen LogP contribution in [0.25, 0.3) is 0 Å². The van der Waals surface area contributed by atoms with Crippen LogP contribution in [0.15, 0.2) is 24.3 Å². The Balaban J connectivity index is 1.67. The van der Waals surface area contributed by atoms with Crippen LogP contribution in [0.4, 0.5) is 0 Å². The summed E-state index contributed by atoms with van der Waals surface area (Å²) in [5.74, 6) is 0.243. The van der Waals surface area contributed by atoms with E-state index in [0.29, 0.717) is 19.5 Å². The first-order chi connectivity index (χ1) is 12.1. The van der Waals surface area contributed by atoms with E-state index < -0.39 is 0 Å². The van der Waals surface area contributed by atoms with E-state index in [1.807, 2.05) is 12.1 Å². The molecule has 0 aliphatic heterocycles. The van der Waals surface area contributed by atoms with Crippen molar-refractivity contribution in [2.24, 2.45) is 5.92 Å². The van der Waals surface area contributed by atoms with Gasteiger partial charge in [-0.2, -0.15) is 0 Å². The van der Waals surface area contributed by atoms with Gasteiger partial charge >= 0.3 is 0 Å². The summed E-state index contributed by atoms with van der Waals surface area (Å²) in [6.07, 6.45) is 4.59. The number of carbonyl (C=O) groups is 2. The molecule has 1 fully saturated rings. The first-order valence-corrected chi connectivity index (χ1v) is 9.39. The van der Waals surface area contributed by atoms with Crippen LogP contribution in [0.1, 0.15) is 50.2 Å². The highest BCUT2D eigenvalue weighted by atomic mass is 16.2. The fourth-order valence-corrected chi connectivity index (χ4v) is 3.18. The summed E-state index contributed by atoms with van der Waals surface area (Å²) in [6, 6.07) is 8.30. The third-order valence-electron chi connectivity index (χ3n) is 4.85. The lowest BCUT2D eigenvalue weighted by Crippen LogP contribution is -2.33. The lowest BCUT2D eigenvalue weighted by Gasteiger charge is -2.14. The van der Waals surface area contributed by atoms with Crippen molar-refractivity contribution in [3.63, 3.8) is 0 Å². The molecule has 0 spiro atoms. The number of rotatable bonds is 9. The summed E-state index contributed by atoms with van der Waals surface area (Å²) >= 11 is 0. The topological polar surface area (TPSA) is 61.4 Å². The molecule has 0 atom stereocenters. The van der Waals surface area contributed by atoms with Gasteiger partial charge in [-0.05, 0) is 37.6 Å². The molecule has 0 bridgehead atoms. The second-order valence-corrected chi connectivity index (χ2v) is 6.95. The number of benzene rings is 1. The molecular weight excluding hydrogens is 314 g/mol. The first-order valence-electron chi connectivity index (χ1n) is 9.39. The SMILES string of the molecule is CCN(C)Cc1cccc(CNC(=O)CCNC(=O)C2CCCC2)c1. The fourth-order valence-electron chi connectivity index (χ4n) is 3.18. The van der Waals surface area contributed by atoms with Gasteiger partial charge in [0.15, 0.2) is 0 Å². The molecule has 0 saturated heterocycles. The number of nitrogens with zero attached hydrogens (tertiary/aromatic N) is 1. The van der Waals surface area contributed by atoms with Crippen LogP contribution < -0.4 is 10.6 Å². The van der Waals surface area contributed by atoms with Crippen LogP contribution in [0.3, 0.4) is 0 Å². The van der Waals surface area contributed by atoms with E-state index in [-0.39, 0.29) is 17.7 Å². The van der Waals surface area contributed by atoms with Crippen LogP contribution in [-0.4, -0.2) is 36.9 Å². The Morgan fingerprint density at radius 3 is 2.60 bits per heavy atom. The monoisotopic (exact) mass is 345 g/mol. The predicted octanol–water partition coefficient (Wildman–Crippen LogP) is 2.45. The van der Waals surface area contributed by atoms with Crippen molar-refractivity contribution in [2.75, 3.05) is 20.1 Å². The highest BCUT2D eigenvalue weighted by Gasteiger charge is 2.22. The molecule has 25 heavy (non-hydrogen) atoms. The van der Waals surface area contributed by atoms with Crippen molar-refractivity contribution in [1.82, 2.24) is 15.5 Å². The maximum Gasteiger partial charge on any atom is 0.223 e. The second-order valence-electron chi connectivity index (χ2n) is 6.95. The van der Waals surface area contributed by atoms with Crippen LogP contribution in [0.5, 0.6) is 0 Å². The van der Waals surface area contributed by atoms with Gasteiger partial charge in [0.05, 0.1) is 0 Å². The zero-order chi connectivity index (χ0) is 18.1. The number of hydrogen-bond acceptors (Lipinski definition) is 3. The van der Waals surface area contributed by atoms with Gasteiger partial charge < -0.3 is 15.5 Å². The van der Waals surface area contributed by atoms with Gasteiger partial charge in [-0.3, -0.25) is 9.59 Å². The molecule has 1 aliphatic carbocycles. The lowest BCUT2D eigenvalue weighted by molar-refractivity contribution is -0.125. The Morgan fingerprint density at radius 1 is 1.16 bits per heavy atom. The average Bonchev–Trinajstić information content (AvgIpc) is 3.15. The zero-order valence-electron chi connectivity index (χ0n) is 15.5. The number of hydrogen-bond donors (Lipinski definition) is 2. The molecule has 0 aromatic heterocycles. The van der Waals surface area contributed by atoms with Crippen molar-refractivity contribution in [3.05, 3.63) is 35.4 Å². The molecule has 0 heterocycles. The highest BCUT2D eigenvalue weighted by Crippen LogP contribution is 2.24. The van der Waals surface area contributed by atoms with Crippen molar-refractivity contribution in [2.45, 2.75) is 52.1 Å². The first kappa shape index (κ1) is 19.4. The summed E-state index contributed by atoms with van der Waals surface area (Å²) < 4.78 is 0. The molecule has 2 amide bonds. The Kier molecular flexibility index (Phi) is 7.92. The summed E-state index contributed by atoms with van der Waals surface area (Å²) in [5, 5.41) is 5.82. The summed E-state index contributed by atoms with van der Waals surface area (Å²) in [4.78, 5) is 26.1. The fraction of sp³-hybridized carbons (Fsp3) is 0.600. The van der Waals surface area contributed by atoms with Crippen molar-refractivity contribution < 1.29 is 9.59 Å². The van der Waals surface area contributed by atoms with Crippen LogP contribution >= 0.6 is 0 Å². The molecule has 1 saturated carbocycles. The largest absolute Gasteiger partial charge is 0.355 e. The van der Waals surface area contributed by atoms with Gasteiger partial charge in [0, 0.05) is 32.0 Å². The molecule has 1 aromatic carbocycles. The minimum atomic E-state index is -0.0252. The smallest absolute Gasteiger partial charge is 0.223 e. The van der Waals surface area contributed by atoms with E-state index in [4.69, 9.17) is 0 Å². The van der Waals surface area contributed by atoms with Gasteiger partial charge in [0.25, 0.3) is 0 Å². The van der Waals surface area contributed by atoms with Gasteiger partial charge in [-0.15, -0.1) is 0 Å². The molecule has 0 unspecified atom stereocenters. The average molecular weight is 345 g/mol. The van der Waals surface area contributed by atoms with Crippen molar-refractivity contribution >= 4 is 11.8 Å². The van der Waals surface area contributed by atoms with E-state index in [9.17, 15) is 9.59 Å². The minimum Gasteiger partial charge on any atom is -0.355 e. The lowest BCUT2D eigenvalue weighted by atomic mass is 10.1. The van der Waals surface area contributed by atoms with Crippen LogP contribution in [0, 0.1) is 5.92 Å². The maximum atomic E-state index is 12.0. The molecule has 5 nitrogen and oxygen atoms in total. The van der Waals surface area contributed by atoms with Gasteiger partial charge in [-0.25, -0.2) is 0 Å². The van der Waals surface area contributed by atoms with Crippen LogP contribution in [0.2, 0.25) is 0 Å². The predicted molar refractivity (Wildman–Crippen MR) is 99.9 cm³/mol. The standard InChI is InChI=1S/C20H31N3O2/c1-3-23(2)15-17-8-6-7-16(13-17)14-22-19(24)11-12-21-20(25)18-9-4-5-10-18/h6-8,13,18H,3-5,9-12,14-15H2,1-2H3,(H,21,25)(H,22,24). The van der Waals surface area contributed by atoms with E-state index in [2.05, 4.69) is 41.6 Å².